The Morgan fingerprint density at radius 2 is 1.90 bits per heavy atom. The Kier molecular flexibility index (Phi) is 7.42. The first-order chi connectivity index (χ1) is 19.0. The van der Waals surface area contributed by atoms with Crippen molar-refractivity contribution < 1.29 is 27.5 Å². The van der Waals surface area contributed by atoms with E-state index < -0.39 is 29.1 Å². The molecule has 1 saturated heterocycles. The Morgan fingerprint density at radius 1 is 1.23 bits per heavy atom. The van der Waals surface area contributed by atoms with Crippen LogP contribution in [0, 0.1) is 10.6 Å². The van der Waals surface area contributed by atoms with Gasteiger partial charge in [-0.15, -0.1) is 0 Å². The van der Waals surface area contributed by atoms with Gasteiger partial charge in [0, 0.05) is 39.3 Å². The largest absolute Gasteiger partial charge is 0.465 e. The molecular weight excluding hydrogens is 552 g/mol. The molecule has 1 amide bonds. The highest BCUT2D eigenvalue weighted by atomic mass is 32.1. The summed E-state index contributed by atoms with van der Waals surface area (Å²) in [5.74, 6) is -0.00543. The number of nitrogens with zero attached hydrogens (tertiary/aromatic N) is 6. The first-order valence-corrected chi connectivity index (χ1v) is 13.2. The van der Waals surface area contributed by atoms with E-state index in [1.54, 1.807) is 16.5 Å². The second kappa shape index (κ2) is 10.7. The van der Waals surface area contributed by atoms with Crippen LogP contribution in [0.25, 0.3) is 0 Å². The molecule has 0 atom stereocenters. The molecule has 0 bridgehead atoms. The van der Waals surface area contributed by atoms with Gasteiger partial charge in [0.2, 0.25) is 5.82 Å². The predicted molar refractivity (Wildman–Crippen MR) is 140 cm³/mol. The fourth-order valence-electron chi connectivity index (χ4n) is 5.12. The molecule has 1 saturated carbocycles. The summed E-state index contributed by atoms with van der Waals surface area (Å²) in [5, 5.41) is 19.7. The van der Waals surface area contributed by atoms with E-state index in [9.17, 15) is 23.1 Å². The number of nitrogens with one attached hydrogen (secondary N) is 2. The van der Waals surface area contributed by atoms with Crippen molar-refractivity contribution in [1.29, 1.82) is 0 Å². The van der Waals surface area contributed by atoms with Crippen molar-refractivity contribution in [2.45, 2.75) is 49.9 Å². The van der Waals surface area contributed by atoms with Crippen molar-refractivity contribution >= 4 is 29.9 Å². The van der Waals surface area contributed by atoms with Crippen LogP contribution in [0.2, 0.25) is 0 Å². The average Bonchev–Trinajstić information content (AvgIpc) is 3.71. The highest BCUT2D eigenvalue weighted by Gasteiger charge is 2.41. The lowest BCUT2D eigenvalue weighted by atomic mass is 9.77. The van der Waals surface area contributed by atoms with Crippen LogP contribution in [-0.4, -0.2) is 66.5 Å². The summed E-state index contributed by atoms with van der Waals surface area (Å²) in [6.45, 7) is 0.951. The lowest BCUT2D eigenvalue weighted by molar-refractivity contribution is -0.137. The van der Waals surface area contributed by atoms with Crippen LogP contribution in [-0.2, 0) is 25.2 Å². The van der Waals surface area contributed by atoms with Crippen LogP contribution < -0.4 is 10.2 Å². The molecular formula is C25H28F4N8O2S. The van der Waals surface area contributed by atoms with Gasteiger partial charge in [0.1, 0.15) is 12.2 Å². The quantitative estimate of drug-likeness (QED) is 0.259. The minimum absolute atomic E-state index is 0.0137. The predicted octanol–water partition coefficient (Wildman–Crippen LogP) is 4.72. The van der Waals surface area contributed by atoms with Gasteiger partial charge in [-0.05, 0) is 55.6 Å². The second-order valence-electron chi connectivity index (χ2n) is 10.2. The number of anilines is 2. The zero-order valence-electron chi connectivity index (χ0n) is 21.6. The van der Waals surface area contributed by atoms with E-state index in [1.807, 2.05) is 0 Å². The monoisotopic (exact) mass is 580 g/mol. The number of piperidine rings is 1. The number of carbonyl (C=O) groups is 1. The Morgan fingerprint density at radius 3 is 2.45 bits per heavy atom. The molecule has 15 heteroatoms. The van der Waals surface area contributed by atoms with Crippen molar-refractivity contribution in [2.75, 3.05) is 29.9 Å². The molecule has 1 aliphatic heterocycles. The number of aromatic nitrogens is 5. The lowest BCUT2D eigenvalue weighted by Gasteiger charge is -2.40. The molecule has 0 radical (unpaired) electrons. The number of benzene rings is 1. The van der Waals surface area contributed by atoms with Gasteiger partial charge in [0.15, 0.2) is 16.4 Å². The van der Waals surface area contributed by atoms with Crippen molar-refractivity contribution in [1.82, 2.24) is 29.6 Å². The fraction of sp³-hybridized carbons (Fsp3) is 0.480. The molecule has 1 aliphatic carbocycles. The summed E-state index contributed by atoms with van der Waals surface area (Å²) in [6.07, 6.45) is -1.70. The molecule has 5 rings (SSSR count). The fourth-order valence-corrected chi connectivity index (χ4v) is 5.25. The SMILES string of the molecule is Cn1c(C2(CNc3ncnc(N(Cc4ccc(C(F)(F)F)cc4)C4CC4)c3F)CCN(C(=O)O)CC2)n[nH]c1=S. The summed E-state index contributed by atoms with van der Waals surface area (Å²) in [4.78, 5) is 22.9. The van der Waals surface area contributed by atoms with E-state index in [1.165, 1.54) is 23.4 Å². The lowest BCUT2D eigenvalue weighted by Crippen LogP contribution is -2.49. The van der Waals surface area contributed by atoms with Gasteiger partial charge < -0.3 is 24.8 Å². The maximum atomic E-state index is 15.9. The molecule has 2 aliphatic rings. The number of alkyl halides is 3. The highest BCUT2D eigenvalue weighted by Crippen LogP contribution is 2.37. The van der Waals surface area contributed by atoms with E-state index in [-0.39, 0.29) is 43.9 Å². The number of hydrogen-bond acceptors (Lipinski definition) is 7. The van der Waals surface area contributed by atoms with Gasteiger partial charge in [-0.25, -0.2) is 14.8 Å². The van der Waals surface area contributed by atoms with E-state index >= 15 is 4.39 Å². The van der Waals surface area contributed by atoms with Crippen LogP contribution in [0.5, 0.6) is 0 Å². The first kappa shape index (κ1) is 27.8. The first-order valence-electron chi connectivity index (χ1n) is 12.8. The Labute approximate surface area is 232 Å². The number of halogens is 4. The molecule has 1 aromatic carbocycles. The maximum absolute atomic E-state index is 15.9. The highest BCUT2D eigenvalue weighted by molar-refractivity contribution is 7.71. The van der Waals surface area contributed by atoms with E-state index in [0.29, 0.717) is 29.0 Å². The molecule has 3 heterocycles. The third-order valence-electron chi connectivity index (χ3n) is 7.60. The molecule has 214 valence electrons. The third kappa shape index (κ3) is 5.60. The van der Waals surface area contributed by atoms with Gasteiger partial charge >= 0.3 is 12.3 Å². The summed E-state index contributed by atoms with van der Waals surface area (Å²) in [7, 11) is 1.77. The molecule has 3 aromatic rings. The van der Waals surface area contributed by atoms with Crippen molar-refractivity contribution in [2.24, 2.45) is 7.05 Å². The molecule has 40 heavy (non-hydrogen) atoms. The minimum Gasteiger partial charge on any atom is -0.465 e. The maximum Gasteiger partial charge on any atom is 0.416 e. The van der Waals surface area contributed by atoms with Gasteiger partial charge in [0.25, 0.3) is 0 Å². The summed E-state index contributed by atoms with van der Waals surface area (Å²) in [6, 6.07) is 4.83. The van der Waals surface area contributed by atoms with Gasteiger partial charge in [-0.1, -0.05) is 12.1 Å². The molecule has 0 unspecified atom stereocenters. The summed E-state index contributed by atoms with van der Waals surface area (Å²) in [5.41, 5.74) is -0.796. The number of rotatable bonds is 8. The van der Waals surface area contributed by atoms with Crippen LogP contribution in [0.3, 0.4) is 0 Å². The Hall–Kier alpha value is -3.75. The normalized spacial score (nSPS) is 17.1. The smallest absolute Gasteiger partial charge is 0.416 e. The number of aromatic amines is 1. The van der Waals surface area contributed by atoms with Crippen LogP contribution in [0.4, 0.5) is 34.0 Å². The van der Waals surface area contributed by atoms with E-state index in [4.69, 9.17) is 12.2 Å². The van der Waals surface area contributed by atoms with Crippen LogP contribution >= 0.6 is 12.2 Å². The van der Waals surface area contributed by atoms with Crippen LogP contribution in [0.15, 0.2) is 30.6 Å². The standard InChI is InChI=1S/C25H28F4N8O2S/c1-35-21(33-34-22(35)40)24(8-10-36(11-9-24)23(38)39)13-30-19-18(26)20(32-14-31-19)37(17-6-7-17)12-15-2-4-16(5-3-15)25(27,28)29/h2-5,14,17H,6-13H2,1H3,(H,34,40)(H,38,39)(H,30,31,32). The van der Waals surface area contributed by atoms with Gasteiger partial charge in [-0.2, -0.15) is 22.7 Å². The summed E-state index contributed by atoms with van der Waals surface area (Å²) >= 11 is 5.29. The molecule has 2 fully saturated rings. The van der Waals surface area contributed by atoms with Gasteiger partial charge in [-0.3, -0.25) is 5.10 Å². The molecule has 3 N–H and O–H groups in total. The molecule has 0 spiro atoms. The topological polar surface area (TPSA) is 115 Å². The zero-order chi connectivity index (χ0) is 28.7. The number of hydrogen-bond donors (Lipinski definition) is 3. The minimum atomic E-state index is -4.44. The van der Waals surface area contributed by atoms with E-state index in [0.717, 1.165) is 25.0 Å². The summed E-state index contributed by atoms with van der Waals surface area (Å²) < 4.78 is 56.9. The van der Waals surface area contributed by atoms with Gasteiger partial charge in [0.05, 0.1) is 11.0 Å². The van der Waals surface area contributed by atoms with Crippen LogP contribution in [0.1, 0.15) is 42.6 Å². The number of likely N-dealkylation sites (tertiary alicyclic amines) is 1. The zero-order valence-corrected chi connectivity index (χ0v) is 22.4. The number of carboxylic acid groups (broad SMARTS) is 1. The molecule has 10 nitrogen and oxygen atoms in total. The Bertz CT molecular complexity index is 1430. The molecule has 2 aromatic heterocycles. The van der Waals surface area contributed by atoms with Crippen molar-refractivity contribution in [3.63, 3.8) is 0 Å². The average molecular weight is 581 g/mol. The van der Waals surface area contributed by atoms with Crippen molar-refractivity contribution in [3.8, 4) is 0 Å². The third-order valence-corrected chi connectivity index (χ3v) is 7.97. The Balaban J connectivity index is 1.38. The second-order valence-corrected chi connectivity index (χ2v) is 10.6. The number of H-pyrrole nitrogens is 1. The van der Waals surface area contributed by atoms with E-state index in [2.05, 4.69) is 25.5 Å². The number of amides is 1. The van der Waals surface area contributed by atoms with Crippen molar-refractivity contribution in [3.05, 3.63) is 58.1 Å².